The molecular weight excluding hydrogens is 378 g/mol. The average molecular weight is 408 g/mol. The summed E-state index contributed by atoms with van der Waals surface area (Å²) in [7, 11) is 1.49. The highest BCUT2D eigenvalue weighted by Gasteiger charge is 2.29. The molecule has 7 heteroatoms. The zero-order valence-electron chi connectivity index (χ0n) is 16.6. The summed E-state index contributed by atoms with van der Waals surface area (Å²) in [5, 5.41) is 1.78. The van der Waals surface area contributed by atoms with Crippen molar-refractivity contribution in [1.29, 1.82) is 0 Å². The lowest BCUT2D eigenvalue weighted by Crippen LogP contribution is -2.44. The van der Waals surface area contributed by atoms with Gasteiger partial charge in [-0.15, -0.1) is 0 Å². The summed E-state index contributed by atoms with van der Waals surface area (Å²) in [6, 6.07) is 16.1. The second-order valence-corrected chi connectivity index (χ2v) is 8.16. The molecule has 1 aliphatic heterocycles. The Bertz CT molecular complexity index is 750. The van der Waals surface area contributed by atoms with Crippen LogP contribution < -0.4 is 0 Å². The SMILES string of the molecule is COOCC1C[C@@H](C)CCN1OS(=O)c1ccc(-c2ccc(C)cc2)cc1.O. The molecule has 0 bridgehead atoms. The van der Waals surface area contributed by atoms with Crippen LogP contribution in [0.3, 0.4) is 0 Å². The molecule has 1 heterocycles. The molecule has 0 aliphatic carbocycles. The summed E-state index contributed by atoms with van der Waals surface area (Å²) >= 11 is -1.56. The van der Waals surface area contributed by atoms with Crippen molar-refractivity contribution in [2.45, 2.75) is 37.6 Å². The maximum atomic E-state index is 12.7. The Hall–Kier alpha value is -1.61. The first-order chi connectivity index (χ1) is 13.1. The van der Waals surface area contributed by atoms with Crippen LogP contribution in [0.5, 0.6) is 0 Å². The summed E-state index contributed by atoms with van der Waals surface area (Å²) in [6.45, 7) is 5.40. The third-order valence-electron chi connectivity index (χ3n) is 4.90. The molecule has 1 aliphatic rings. The summed E-state index contributed by atoms with van der Waals surface area (Å²) in [6.07, 6.45) is 1.93. The molecule has 3 rings (SSSR count). The van der Waals surface area contributed by atoms with Gasteiger partial charge in [-0.25, -0.2) is 14.0 Å². The van der Waals surface area contributed by atoms with Crippen molar-refractivity contribution in [1.82, 2.24) is 5.06 Å². The summed E-state index contributed by atoms with van der Waals surface area (Å²) < 4.78 is 18.4. The smallest absolute Gasteiger partial charge is 0.206 e. The van der Waals surface area contributed by atoms with E-state index in [1.807, 2.05) is 24.3 Å². The predicted molar refractivity (Wildman–Crippen MR) is 110 cm³/mol. The van der Waals surface area contributed by atoms with Crippen LogP contribution in [0.2, 0.25) is 0 Å². The minimum Gasteiger partial charge on any atom is -0.412 e. The minimum atomic E-state index is -1.56. The highest BCUT2D eigenvalue weighted by atomic mass is 32.2. The van der Waals surface area contributed by atoms with Crippen LogP contribution in [0.1, 0.15) is 25.3 Å². The Kier molecular flexibility index (Phi) is 8.75. The van der Waals surface area contributed by atoms with E-state index in [0.717, 1.165) is 30.5 Å². The van der Waals surface area contributed by atoms with Gasteiger partial charge >= 0.3 is 0 Å². The van der Waals surface area contributed by atoms with Gasteiger partial charge in [-0.05, 0) is 48.9 Å². The fourth-order valence-corrected chi connectivity index (χ4v) is 4.07. The molecule has 1 fully saturated rings. The standard InChI is InChI=1S/C21H27NO4S.H2O/c1-16-4-6-18(7-5-16)19-8-10-21(11-9-19)27(23)26-22-13-12-17(2)14-20(22)15-25-24-3;/h4-11,17,20H,12-15H2,1-3H3;1H2/t17-,20?,27?;/m0./s1. The number of aryl methyl sites for hydroxylation is 1. The Morgan fingerprint density at radius 1 is 1.07 bits per heavy atom. The lowest BCUT2D eigenvalue weighted by atomic mass is 9.94. The maximum absolute atomic E-state index is 12.7. The van der Waals surface area contributed by atoms with Crippen LogP contribution in [0, 0.1) is 12.8 Å². The number of hydroxylamine groups is 2. The topological polar surface area (TPSA) is 79.5 Å². The van der Waals surface area contributed by atoms with Crippen LogP contribution in [0.4, 0.5) is 0 Å². The Labute approximate surface area is 169 Å². The second kappa shape index (κ2) is 10.8. The molecule has 3 atom stereocenters. The number of nitrogens with zero attached hydrogens (tertiary/aromatic N) is 1. The maximum Gasteiger partial charge on any atom is 0.206 e. The van der Waals surface area contributed by atoms with Crippen molar-refractivity contribution < 1.29 is 23.7 Å². The molecule has 2 unspecified atom stereocenters. The first kappa shape index (κ1) is 22.7. The third kappa shape index (κ3) is 5.94. The first-order valence-electron chi connectivity index (χ1n) is 9.26. The molecule has 0 saturated carbocycles. The summed E-state index contributed by atoms with van der Waals surface area (Å²) in [5.41, 5.74) is 3.46. The second-order valence-electron chi connectivity index (χ2n) is 7.07. The lowest BCUT2D eigenvalue weighted by Gasteiger charge is -2.35. The van der Waals surface area contributed by atoms with Gasteiger partial charge in [0.1, 0.15) is 6.61 Å². The normalized spacial score (nSPS) is 21.1. The van der Waals surface area contributed by atoms with E-state index < -0.39 is 11.1 Å². The molecule has 28 heavy (non-hydrogen) atoms. The average Bonchev–Trinajstić information content (AvgIpc) is 2.69. The molecule has 154 valence electrons. The first-order valence-corrected chi connectivity index (χ1v) is 10.3. The van der Waals surface area contributed by atoms with Crippen LogP contribution in [0.15, 0.2) is 53.4 Å². The highest BCUT2D eigenvalue weighted by molar-refractivity contribution is 7.80. The van der Waals surface area contributed by atoms with Crippen molar-refractivity contribution in [3.63, 3.8) is 0 Å². The van der Waals surface area contributed by atoms with Crippen molar-refractivity contribution in [3.05, 3.63) is 54.1 Å². The van der Waals surface area contributed by atoms with E-state index >= 15 is 0 Å². The Balaban J connectivity index is 0.00000280. The molecule has 0 aromatic heterocycles. The summed E-state index contributed by atoms with van der Waals surface area (Å²) in [4.78, 5) is 10.5. The van der Waals surface area contributed by atoms with Crippen molar-refractivity contribution in [2.75, 3.05) is 20.3 Å². The van der Waals surface area contributed by atoms with Crippen LogP contribution in [0.25, 0.3) is 11.1 Å². The van der Waals surface area contributed by atoms with E-state index in [0.29, 0.717) is 17.4 Å². The number of rotatable bonds is 7. The van der Waals surface area contributed by atoms with Gasteiger partial charge in [-0.3, -0.25) is 0 Å². The predicted octanol–water partition coefficient (Wildman–Crippen LogP) is 3.47. The van der Waals surface area contributed by atoms with E-state index in [9.17, 15) is 4.21 Å². The molecule has 1 saturated heterocycles. The minimum absolute atomic E-state index is 0. The lowest BCUT2D eigenvalue weighted by molar-refractivity contribution is -0.292. The van der Waals surface area contributed by atoms with Gasteiger partial charge in [0.05, 0.1) is 18.0 Å². The molecular formula is C21H29NO5S. The molecule has 0 amide bonds. The van der Waals surface area contributed by atoms with Crippen molar-refractivity contribution >= 4 is 11.1 Å². The van der Waals surface area contributed by atoms with E-state index in [-0.39, 0.29) is 11.5 Å². The quantitative estimate of drug-likeness (QED) is 0.519. The van der Waals surface area contributed by atoms with Crippen molar-refractivity contribution in [2.24, 2.45) is 5.92 Å². The van der Waals surface area contributed by atoms with E-state index in [1.54, 1.807) is 5.06 Å². The monoisotopic (exact) mass is 407 g/mol. The van der Waals surface area contributed by atoms with Crippen LogP contribution in [-0.4, -0.2) is 41.1 Å². The largest absolute Gasteiger partial charge is 0.412 e. The highest BCUT2D eigenvalue weighted by Crippen LogP contribution is 2.26. The zero-order chi connectivity index (χ0) is 19.2. The number of hydrogen-bond donors (Lipinski definition) is 0. The van der Waals surface area contributed by atoms with Gasteiger partial charge < -0.3 is 5.48 Å². The van der Waals surface area contributed by atoms with Gasteiger partial charge in [0.25, 0.3) is 0 Å². The number of hydrogen-bond acceptors (Lipinski definition) is 5. The molecule has 2 aromatic carbocycles. The Morgan fingerprint density at radius 3 is 2.29 bits per heavy atom. The van der Waals surface area contributed by atoms with Crippen LogP contribution in [-0.2, 0) is 25.1 Å². The van der Waals surface area contributed by atoms with Gasteiger partial charge in [0.15, 0.2) is 0 Å². The van der Waals surface area contributed by atoms with Gasteiger partial charge in [0, 0.05) is 6.54 Å². The van der Waals surface area contributed by atoms with Crippen LogP contribution >= 0.6 is 0 Å². The van der Waals surface area contributed by atoms with E-state index in [1.165, 1.54) is 12.7 Å². The van der Waals surface area contributed by atoms with Crippen molar-refractivity contribution in [3.8, 4) is 11.1 Å². The van der Waals surface area contributed by atoms with E-state index in [2.05, 4.69) is 38.1 Å². The molecule has 2 N–H and O–H groups in total. The van der Waals surface area contributed by atoms with Gasteiger partial charge in [-0.2, -0.15) is 9.35 Å². The van der Waals surface area contributed by atoms with Gasteiger partial charge in [0.2, 0.25) is 11.1 Å². The van der Waals surface area contributed by atoms with Gasteiger partial charge in [-0.1, -0.05) is 48.9 Å². The molecule has 6 nitrogen and oxygen atoms in total. The number of benzene rings is 2. The Morgan fingerprint density at radius 2 is 1.68 bits per heavy atom. The fraction of sp³-hybridized carbons (Fsp3) is 0.429. The molecule has 0 spiro atoms. The zero-order valence-corrected chi connectivity index (χ0v) is 17.4. The third-order valence-corrected chi connectivity index (χ3v) is 5.88. The molecule has 2 aromatic rings. The number of piperidine rings is 1. The summed E-state index contributed by atoms with van der Waals surface area (Å²) in [5.74, 6) is 0.581. The molecule has 0 radical (unpaired) electrons. The van der Waals surface area contributed by atoms with E-state index in [4.69, 9.17) is 14.1 Å². The fourth-order valence-electron chi connectivity index (χ4n) is 3.26.